The summed E-state index contributed by atoms with van der Waals surface area (Å²) in [6.07, 6.45) is 6.07. The predicted octanol–water partition coefficient (Wildman–Crippen LogP) is 8.60. The normalized spacial score (nSPS) is 14.0. The van der Waals surface area contributed by atoms with Gasteiger partial charge in [-0.25, -0.2) is 9.59 Å². The van der Waals surface area contributed by atoms with Crippen molar-refractivity contribution in [3.05, 3.63) is 60.0 Å². The number of nitrogens with one attached hydrogen (secondary N) is 1. The maximum Gasteiger partial charge on any atom is 0.410 e. The molecule has 0 spiro atoms. The van der Waals surface area contributed by atoms with E-state index < -0.39 is 20.0 Å². The van der Waals surface area contributed by atoms with E-state index >= 15 is 0 Å². The third kappa shape index (κ3) is 9.81. The predicted molar refractivity (Wildman–Crippen MR) is 186 cm³/mol. The fourth-order valence-electron chi connectivity index (χ4n) is 5.77. The average Bonchev–Trinajstić information content (AvgIpc) is 3.44. The van der Waals surface area contributed by atoms with E-state index in [1.807, 2.05) is 77.3 Å². The number of pyridine rings is 1. The van der Waals surface area contributed by atoms with E-state index in [1.54, 1.807) is 18.0 Å². The molecule has 3 rings (SSSR count). The second kappa shape index (κ2) is 17.0. The molecule has 2 aromatic heterocycles. The topological polar surface area (TPSA) is 103 Å². The molecule has 10 heteroatoms. The van der Waals surface area contributed by atoms with Gasteiger partial charge in [0.15, 0.2) is 14.4 Å². The highest BCUT2D eigenvalue weighted by molar-refractivity contribution is 6.73. The fraction of sp³-hybridized carbons (Fsp3) is 0.583. The Morgan fingerprint density at radius 1 is 1.02 bits per heavy atom. The van der Waals surface area contributed by atoms with E-state index in [4.69, 9.17) is 18.6 Å². The van der Waals surface area contributed by atoms with Crippen LogP contribution in [0.5, 0.6) is 5.75 Å². The van der Waals surface area contributed by atoms with Gasteiger partial charge in [-0.15, -0.1) is 0 Å². The third-order valence-electron chi connectivity index (χ3n) is 8.55. The molecule has 9 nitrogen and oxygen atoms in total. The molecule has 0 radical (unpaired) electrons. The summed E-state index contributed by atoms with van der Waals surface area (Å²) in [6, 6.07) is 12.5. The van der Waals surface area contributed by atoms with Crippen molar-refractivity contribution in [2.24, 2.45) is 0 Å². The highest BCUT2D eigenvalue weighted by Crippen LogP contribution is 2.33. The van der Waals surface area contributed by atoms with Crippen LogP contribution in [0.2, 0.25) is 18.1 Å². The first kappa shape index (κ1) is 37.1. The van der Waals surface area contributed by atoms with Crippen LogP contribution in [-0.4, -0.2) is 66.1 Å². The van der Waals surface area contributed by atoms with Gasteiger partial charge in [0.25, 0.3) is 0 Å². The number of H-pyrrole nitrogens is 1. The lowest BCUT2D eigenvalue weighted by Gasteiger charge is -2.38. The molecule has 46 heavy (non-hydrogen) atoms. The highest BCUT2D eigenvalue weighted by atomic mass is 28.4. The number of aromatic nitrogens is 2. The van der Waals surface area contributed by atoms with Crippen LogP contribution in [0.3, 0.4) is 0 Å². The van der Waals surface area contributed by atoms with Gasteiger partial charge in [0, 0.05) is 30.0 Å². The molecule has 0 aliphatic carbocycles. The molecule has 1 aromatic carbocycles. The van der Waals surface area contributed by atoms with E-state index in [0.717, 1.165) is 46.6 Å². The molecule has 1 unspecified atom stereocenters. The lowest BCUT2D eigenvalue weighted by molar-refractivity contribution is -0.151. The Morgan fingerprint density at radius 2 is 1.74 bits per heavy atom. The molecule has 0 aliphatic rings. The standard InChI is InChI=1S/C36H55N3O6Si/c1-10-17-31(34(40)42-11-2)43-30-20-15-19-29-28(24-38-33(29)30)22-26(6)39(35(41)44-36(7,8)9)25-32(27-18-16-21-37-23-27)45-46(12-3,13-4)14-5/h15-16,18-21,23-24,26,31-32,38H,10-14,17,22,25H2,1-9H3/t26-,31?,32-/m1/s1. The van der Waals surface area contributed by atoms with Gasteiger partial charge in [0.1, 0.15) is 11.4 Å². The maximum atomic E-state index is 13.9. The average molecular weight is 654 g/mol. The first-order valence-electron chi connectivity index (χ1n) is 16.9. The zero-order chi connectivity index (χ0) is 33.9. The number of hydrogen-bond donors (Lipinski definition) is 1. The van der Waals surface area contributed by atoms with Crippen LogP contribution in [-0.2, 0) is 25.1 Å². The van der Waals surface area contributed by atoms with E-state index in [0.29, 0.717) is 31.7 Å². The van der Waals surface area contributed by atoms with Crippen LogP contribution in [0.4, 0.5) is 4.79 Å². The molecule has 254 valence electrons. The smallest absolute Gasteiger partial charge is 0.410 e. The molecule has 2 heterocycles. The van der Waals surface area contributed by atoms with Gasteiger partial charge in [-0.1, -0.05) is 52.3 Å². The van der Waals surface area contributed by atoms with Gasteiger partial charge < -0.3 is 28.5 Å². The summed E-state index contributed by atoms with van der Waals surface area (Å²) in [5.41, 5.74) is 2.13. The molecule has 3 aromatic rings. The number of aromatic amines is 1. The molecule has 1 amide bonds. The molecular formula is C36H55N3O6Si. The van der Waals surface area contributed by atoms with Gasteiger partial charge in [-0.2, -0.15) is 0 Å². The van der Waals surface area contributed by atoms with Crippen LogP contribution in [0.25, 0.3) is 10.9 Å². The number of para-hydroxylation sites is 1. The Hall–Kier alpha value is -3.37. The fourth-order valence-corrected chi connectivity index (χ4v) is 8.58. The van der Waals surface area contributed by atoms with Crippen molar-refractivity contribution >= 4 is 31.3 Å². The summed E-state index contributed by atoms with van der Waals surface area (Å²) in [5.74, 6) is 0.235. The maximum absolute atomic E-state index is 13.9. The Labute approximate surface area is 276 Å². The van der Waals surface area contributed by atoms with Gasteiger partial charge in [-0.3, -0.25) is 4.98 Å². The van der Waals surface area contributed by atoms with E-state index in [9.17, 15) is 9.59 Å². The van der Waals surface area contributed by atoms with Crippen molar-refractivity contribution in [1.29, 1.82) is 0 Å². The van der Waals surface area contributed by atoms with Crippen LogP contribution in [0.1, 0.15) is 92.4 Å². The number of fused-ring (bicyclic) bond motifs is 1. The molecule has 0 saturated carbocycles. The van der Waals surface area contributed by atoms with Crippen LogP contribution < -0.4 is 4.74 Å². The SMILES string of the molecule is CCCC(Oc1cccc2c(C[C@@H](C)N(C[C@@H](O[Si](CC)(CC)CC)c3cccnc3)C(=O)OC(C)(C)C)c[nH]c12)C(=O)OCC. The minimum atomic E-state index is -2.04. The number of amides is 1. The largest absolute Gasteiger partial charge is 0.477 e. The van der Waals surface area contributed by atoms with Gasteiger partial charge in [-0.05, 0) is 88.9 Å². The zero-order valence-electron chi connectivity index (χ0n) is 29.4. The minimum absolute atomic E-state index is 0.227. The van der Waals surface area contributed by atoms with E-state index in [2.05, 4.69) is 30.7 Å². The summed E-state index contributed by atoms with van der Waals surface area (Å²) < 4.78 is 24.5. The Kier molecular flexibility index (Phi) is 13.7. The van der Waals surface area contributed by atoms with Crippen molar-refractivity contribution in [2.75, 3.05) is 13.2 Å². The lowest BCUT2D eigenvalue weighted by atomic mass is 10.0. The number of carbonyl (C=O) groups is 2. The van der Waals surface area contributed by atoms with E-state index in [1.165, 1.54) is 0 Å². The summed E-state index contributed by atoms with van der Waals surface area (Å²) in [4.78, 5) is 36.0. The van der Waals surface area contributed by atoms with Crippen molar-refractivity contribution in [3.63, 3.8) is 0 Å². The molecule has 3 atom stereocenters. The van der Waals surface area contributed by atoms with Crippen molar-refractivity contribution in [3.8, 4) is 5.75 Å². The third-order valence-corrected chi connectivity index (χ3v) is 13.2. The second-order valence-corrected chi connectivity index (χ2v) is 17.7. The number of ether oxygens (including phenoxy) is 3. The summed E-state index contributed by atoms with van der Waals surface area (Å²) in [5, 5.41) is 0.974. The van der Waals surface area contributed by atoms with Crippen LogP contribution in [0, 0.1) is 0 Å². The number of rotatable bonds is 17. The quantitative estimate of drug-likeness (QED) is 0.115. The second-order valence-electron chi connectivity index (χ2n) is 13.0. The van der Waals surface area contributed by atoms with Crippen molar-refractivity contribution in [2.45, 2.75) is 124 Å². The van der Waals surface area contributed by atoms with E-state index in [-0.39, 0.29) is 24.2 Å². The molecule has 0 bridgehead atoms. The molecule has 0 saturated heterocycles. The highest BCUT2D eigenvalue weighted by Gasteiger charge is 2.36. The Morgan fingerprint density at radius 3 is 2.33 bits per heavy atom. The monoisotopic (exact) mass is 653 g/mol. The Bertz CT molecular complexity index is 1380. The number of nitrogens with zero attached hydrogens (tertiary/aromatic N) is 2. The molecule has 0 aliphatic heterocycles. The number of esters is 1. The molecular weight excluding hydrogens is 598 g/mol. The van der Waals surface area contributed by atoms with Crippen molar-refractivity contribution in [1.82, 2.24) is 14.9 Å². The number of hydrogen-bond acceptors (Lipinski definition) is 7. The number of benzene rings is 1. The molecule has 0 fully saturated rings. The van der Waals surface area contributed by atoms with Crippen LogP contribution >= 0.6 is 0 Å². The lowest BCUT2D eigenvalue weighted by Crippen LogP contribution is -2.47. The van der Waals surface area contributed by atoms with Gasteiger partial charge >= 0.3 is 12.1 Å². The summed E-state index contributed by atoms with van der Waals surface area (Å²) >= 11 is 0. The summed E-state index contributed by atoms with van der Waals surface area (Å²) in [7, 11) is -2.04. The first-order valence-corrected chi connectivity index (χ1v) is 19.4. The number of carbonyl (C=O) groups excluding carboxylic acids is 2. The van der Waals surface area contributed by atoms with Crippen molar-refractivity contribution < 1.29 is 28.2 Å². The van der Waals surface area contributed by atoms with Gasteiger partial charge in [0.05, 0.1) is 24.8 Å². The van der Waals surface area contributed by atoms with Crippen LogP contribution in [0.15, 0.2) is 48.9 Å². The minimum Gasteiger partial charge on any atom is -0.477 e. The Balaban J connectivity index is 1.96. The molecule has 1 N–H and O–H groups in total. The zero-order valence-corrected chi connectivity index (χ0v) is 30.4. The van der Waals surface area contributed by atoms with Gasteiger partial charge in [0.2, 0.25) is 0 Å². The first-order chi connectivity index (χ1) is 21.9. The summed E-state index contributed by atoms with van der Waals surface area (Å²) in [6.45, 7) is 18.8.